The summed E-state index contributed by atoms with van der Waals surface area (Å²) in [5.41, 5.74) is 4.22. The molecule has 3 heteroatoms. The lowest BCUT2D eigenvalue weighted by Gasteiger charge is -2.21. The van der Waals surface area contributed by atoms with Crippen molar-refractivity contribution in [2.45, 2.75) is 33.2 Å². The molecular formula is C17H21NO2. The van der Waals surface area contributed by atoms with E-state index in [1.165, 1.54) is 23.3 Å². The van der Waals surface area contributed by atoms with Gasteiger partial charge in [0.15, 0.2) is 0 Å². The fourth-order valence-electron chi connectivity index (χ4n) is 2.41. The molecule has 0 aliphatic carbocycles. The van der Waals surface area contributed by atoms with Crippen molar-refractivity contribution in [1.29, 1.82) is 0 Å². The number of nitrogens with one attached hydrogen (secondary N) is 1. The van der Waals surface area contributed by atoms with E-state index in [4.69, 9.17) is 0 Å². The standard InChI is InChI=1S/C17H21NO2/c1-4-13-7-5-6-11(2)17(13)18-12(3)15-10-14(19)8-9-16(15)20/h5-10,12,18-20H,4H2,1-3H3. The van der Waals surface area contributed by atoms with Gasteiger partial charge in [-0.05, 0) is 49.6 Å². The number of aryl methyl sites for hydroxylation is 2. The zero-order valence-corrected chi connectivity index (χ0v) is 12.1. The molecule has 0 saturated heterocycles. The molecule has 0 fully saturated rings. The third-order valence-electron chi connectivity index (χ3n) is 3.58. The highest BCUT2D eigenvalue weighted by atomic mass is 16.3. The van der Waals surface area contributed by atoms with E-state index < -0.39 is 0 Å². The molecule has 1 unspecified atom stereocenters. The zero-order chi connectivity index (χ0) is 14.7. The predicted octanol–water partition coefficient (Wildman–Crippen LogP) is 4.14. The first-order valence-electron chi connectivity index (χ1n) is 6.89. The predicted molar refractivity (Wildman–Crippen MR) is 82.4 cm³/mol. The molecule has 0 heterocycles. The largest absolute Gasteiger partial charge is 0.508 e. The Balaban J connectivity index is 2.32. The molecule has 2 aromatic rings. The number of rotatable bonds is 4. The molecule has 0 aromatic heterocycles. The molecule has 0 aliphatic heterocycles. The minimum absolute atomic E-state index is 0.0894. The molecule has 0 aliphatic rings. The lowest BCUT2D eigenvalue weighted by atomic mass is 10.0. The molecule has 0 bridgehead atoms. The fraction of sp³-hybridized carbons (Fsp3) is 0.294. The Bertz CT molecular complexity index is 608. The summed E-state index contributed by atoms with van der Waals surface area (Å²) in [6.07, 6.45) is 0.947. The zero-order valence-electron chi connectivity index (χ0n) is 12.1. The topological polar surface area (TPSA) is 52.5 Å². The number of phenols is 2. The van der Waals surface area contributed by atoms with Crippen LogP contribution in [0.25, 0.3) is 0 Å². The maximum atomic E-state index is 9.93. The van der Waals surface area contributed by atoms with E-state index in [0.717, 1.165) is 12.1 Å². The van der Waals surface area contributed by atoms with Gasteiger partial charge in [0.25, 0.3) is 0 Å². The second-order valence-corrected chi connectivity index (χ2v) is 5.07. The summed E-state index contributed by atoms with van der Waals surface area (Å²) in [6.45, 7) is 6.16. The highest BCUT2D eigenvalue weighted by molar-refractivity contribution is 5.59. The van der Waals surface area contributed by atoms with E-state index in [1.54, 1.807) is 6.07 Å². The van der Waals surface area contributed by atoms with Crippen LogP contribution in [-0.4, -0.2) is 10.2 Å². The molecule has 3 N–H and O–H groups in total. The summed E-state index contributed by atoms with van der Waals surface area (Å²) in [7, 11) is 0. The molecule has 2 aromatic carbocycles. The molecular weight excluding hydrogens is 250 g/mol. The highest BCUT2D eigenvalue weighted by Gasteiger charge is 2.13. The maximum Gasteiger partial charge on any atom is 0.121 e. The Morgan fingerprint density at radius 1 is 1.15 bits per heavy atom. The van der Waals surface area contributed by atoms with E-state index >= 15 is 0 Å². The van der Waals surface area contributed by atoms with Crippen molar-refractivity contribution >= 4 is 5.69 Å². The van der Waals surface area contributed by atoms with Crippen LogP contribution in [0.3, 0.4) is 0 Å². The van der Waals surface area contributed by atoms with Gasteiger partial charge < -0.3 is 15.5 Å². The number of hydrogen-bond donors (Lipinski definition) is 3. The second kappa shape index (κ2) is 5.87. The number of aromatic hydroxyl groups is 2. The Morgan fingerprint density at radius 2 is 1.90 bits per heavy atom. The van der Waals surface area contributed by atoms with E-state index in [-0.39, 0.29) is 17.5 Å². The van der Waals surface area contributed by atoms with Crippen LogP contribution in [0.5, 0.6) is 11.5 Å². The molecule has 20 heavy (non-hydrogen) atoms. The van der Waals surface area contributed by atoms with Crippen molar-refractivity contribution in [3.63, 3.8) is 0 Å². The summed E-state index contributed by atoms with van der Waals surface area (Å²) >= 11 is 0. The molecule has 3 nitrogen and oxygen atoms in total. The molecule has 0 spiro atoms. The average molecular weight is 271 g/mol. The van der Waals surface area contributed by atoms with Crippen LogP contribution in [0, 0.1) is 6.92 Å². The molecule has 106 valence electrons. The monoisotopic (exact) mass is 271 g/mol. The van der Waals surface area contributed by atoms with Crippen LogP contribution in [0.2, 0.25) is 0 Å². The van der Waals surface area contributed by atoms with Gasteiger partial charge in [0.1, 0.15) is 11.5 Å². The van der Waals surface area contributed by atoms with Gasteiger partial charge in [0.2, 0.25) is 0 Å². The van der Waals surface area contributed by atoms with Gasteiger partial charge >= 0.3 is 0 Å². The number of hydrogen-bond acceptors (Lipinski definition) is 3. The van der Waals surface area contributed by atoms with E-state index in [0.29, 0.717) is 5.56 Å². The normalized spacial score (nSPS) is 12.2. The molecule has 0 amide bonds. The maximum absolute atomic E-state index is 9.93. The van der Waals surface area contributed by atoms with Crippen molar-refractivity contribution in [3.8, 4) is 11.5 Å². The Morgan fingerprint density at radius 3 is 2.60 bits per heavy atom. The lowest BCUT2D eigenvalue weighted by molar-refractivity contribution is 0.451. The number of benzene rings is 2. The van der Waals surface area contributed by atoms with E-state index in [2.05, 4.69) is 37.4 Å². The number of phenolic OH excluding ortho intramolecular Hbond substituents is 2. The van der Waals surface area contributed by atoms with Crippen LogP contribution in [-0.2, 0) is 6.42 Å². The summed E-state index contributed by atoms with van der Waals surface area (Å²) in [5.74, 6) is 0.349. The first-order chi connectivity index (χ1) is 9.52. The third-order valence-corrected chi connectivity index (χ3v) is 3.58. The van der Waals surface area contributed by atoms with Crippen LogP contribution >= 0.6 is 0 Å². The van der Waals surface area contributed by atoms with Crippen LogP contribution < -0.4 is 5.32 Å². The van der Waals surface area contributed by atoms with E-state index in [1.807, 2.05) is 6.92 Å². The fourth-order valence-corrected chi connectivity index (χ4v) is 2.41. The summed E-state index contributed by atoms with van der Waals surface area (Å²) in [6, 6.07) is 10.7. The first-order valence-corrected chi connectivity index (χ1v) is 6.89. The van der Waals surface area contributed by atoms with Gasteiger partial charge in [-0.2, -0.15) is 0 Å². The Hall–Kier alpha value is -2.16. The van der Waals surface area contributed by atoms with Gasteiger partial charge in [0.05, 0.1) is 6.04 Å². The van der Waals surface area contributed by atoms with Crippen molar-refractivity contribution in [2.24, 2.45) is 0 Å². The molecule has 0 saturated carbocycles. The Labute approximate surface area is 119 Å². The van der Waals surface area contributed by atoms with Gasteiger partial charge in [-0.15, -0.1) is 0 Å². The van der Waals surface area contributed by atoms with Gasteiger partial charge in [-0.3, -0.25) is 0 Å². The van der Waals surface area contributed by atoms with Gasteiger partial charge in [-0.25, -0.2) is 0 Å². The first kappa shape index (κ1) is 14.3. The van der Waals surface area contributed by atoms with Crippen LogP contribution in [0.15, 0.2) is 36.4 Å². The second-order valence-electron chi connectivity index (χ2n) is 5.07. The van der Waals surface area contributed by atoms with Crippen LogP contribution in [0.1, 0.15) is 36.6 Å². The van der Waals surface area contributed by atoms with Gasteiger partial charge in [0, 0.05) is 11.3 Å². The molecule has 0 radical (unpaired) electrons. The highest BCUT2D eigenvalue weighted by Crippen LogP contribution is 2.32. The van der Waals surface area contributed by atoms with Crippen molar-refractivity contribution < 1.29 is 10.2 Å². The summed E-state index contributed by atoms with van der Waals surface area (Å²) < 4.78 is 0. The number of anilines is 1. The van der Waals surface area contributed by atoms with Crippen molar-refractivity contribution in [2.75, 3.05) is 5.32 Å². The van der Waals surface area contributed by atoms with Crippen molar-refractivity contribution in [3.05, 3.63) is 53.1 Å². The third kappa shape index (κ3) is 2.87. The molecule has 2 rings (SSSR count). The minimum atomic E-state index is -0.0894. The summed E-state index contributed by atoms with van der Waals surface area (Å²) in [4.78, 5) is 0. The summed E-state index contributed by atoms with van der Waals surface area (Å²) in [5, 5.41) is 22.9. The number of para-hydroxylation sites is 1. The molecule has 1 atom stereocenters. The SMILES string of the molecule is CCc1cccc(C)c1NC(C)c1cc(O)ccc1O. The van der Waals surface area contributed by atoms with E-state index in [9.17, 15) is 10.2 Å². The minimum Gasteiger partial charge on any atom is -0.508 e. The van der Waals surface area contributed by atoms with Gasteiger partial charge in [-0.1, -0.05) is 25.1 Å². The van der Waals surface area contributed by atoms with Crippen LogP contribution in [0.4, 0.5) is 5.69 Å². The van der Waals surface area contributed by atoms with Crippen molar-refractivity contribution in [1.82, 2.24) is 0 Å². The average Bonchev–Trinajstić information content (AvgIpc) is 2.43. The Kier molecular flexibility index (Phi) is 4.18. The quantitative estimate of drug-likeness (QED) is 0.732. The smallest absolute Gasteiger partial charge is 0.121 e. The lowest BCUT2D eigenvalue weighted by Crippen LogP contribution is -2.09.